The number of primary amides is 1. The molecule has 0 saturated carbocycles. The molecule has 0 spiro atoms. The predicted molar refractivity (Wildman–Crippen MR) is 471 cm³/mol. The lowest BCUT2D eigenvalue weighted by molar-refractivity contribution is -0.140. The zero-order valence-corrected chi connectivity index (χ0v) is 70.3. The molecule has 10 aromatic rings. The van der Waals surface area contributed by atoms with E-state index in [0.29, 0.717) is 85.1 Å². The van der Waals surface area contributed by atoms with Crippen LogP contribution in [0.2, 0.25) is 0 Å². The van der Waals surface area contributed by atoms with E-state index in [4.69, 9.17) is 25.9 Å². The van der Waals surface area contributed by atoms with E-state index in [-0.39, 0.29) is 114 Å². The third-order valence-corrected chi connectivity index (χ3v) is 24.9. The number of carbonyl (C=O) groups excluding carboxylic acids is 11. The van der Waals surface area contributed by atoms with Crippen molar-refractivity contribution in [2.45, 2.75) is 158 Å². The maximum absolute atomic E-state index is 15.7. The number of ether oxygens (including phenoxy) is 2. The highest BCUT2D eigenvalue weighted by molar-refractivity contribution is 8.76. The number of nitrogens with one attached hydrogen (secondary N) is 11. The SMILES string of the molecule is CC[C@@]1(OC(=O)NCCCC(=O)N[C@H](Cc2ccccc2)C(=O)N[C@H]2CSSCCN(CC(N)=O)C(=O)[C@H](Cc3ccccc3)NC(=O)[C@H]([C@@H](C)O)NC(=O)[C@H](CCCCN)NC(=O)[C@H](Cc3c[nH]c4ccccc34)NC(=O)[C@@H](Cc3c[nH]c4ccccc34)NC(=O)[C@H](Cc3ccccc3)NC2=O)COCc2c1cc1n(c2=O)Cc2cc3ccccc3nc2-1. The lowest BCUT2D eigenvalue weighted by Gasteiger charge is -2.37. The molecule has 3 aliphatic rings. The average Bonchev–Trinajstić information content (AvgIpc) is 1.52. The topological polar surface area (TPSA) is 456 Å². The van der Waals surface area contributed by atoms with Gasteiger partial charge in [-0.1, -0.05) is 174 Å². The Morgan fingerprint density at radius 3 is 1.83 bits per heavy atom. The van der Waals surface area contributed by atoms with Gasteiger partial charge in [-0.3, -0.25) is 52.7 Å². The molecule has 4 aromatic heterocycles. The number of aliphatic hydroxyl groups excluding tert-OH is 1. The molecule has 33 heteroatoms. The smallest absolute Gasteiger partial charge is 0.408 e. The number of unbranched alkanes of at least 4 members (excludes halogenated alkanes) is 1. The first-order valence-corrected chi connectivity index (χ1v) is 44.0. The Balaban J connectivity index is 0.795. The highest BCUT2D eigenvalue weighted by Crippen LogP contribution is 2.41. The summed E-state index contributed by atoms with van der Waals surface area (Å²) in [6.07, 6.45) is 0.820. The summed E-state index contributed by atoms with van der Waals surface area (Å²) < 4.78 is 13.9. The van der Waals surface area contributed by atoms with Crippen LogP contribution in [0.5, 0.6) is 0 Å². The number of nitrogens with zero attached hydrogens (tertiary/aromatic N) is 3. The molecule has 31 nitrogen and oxygen atoms in total. The van der Waals surface area contributed by atoms with Gasteiger partial charge in [0.05, 0.1) is 54.9 Å². The molecule has 7 heterocycles. The summed E-state index contributed by atoms with van der Waals surface area (Å²) in [6.45, 7) is 2.67. The normalized spacial score (nSPS) is 20.7. The van der Waals surface area contributed by atoms with Gasteiger partial charge in [0.1, 0.15) is 48.3 Å². The molecule has 13 rings (SSSR count). The number of aromatic amines is 2. The Bertz CT molecular complexity index is 5600. The van der Waals surface area contributed by atoms with E-state index in [1.807, 2.05) is 85.8 Å². The van der Waals surface area contributed by atoms with Crippen molar-refractivity contribution in [2.75, 3.05) is 44.3 Å². The molecule has 1 fully saturated rings. The highest BCUT2D eigenvalue weighted by Gasteiger charge is 2.44. The van der Waals surface area contributed by atoms with Crippen LogP contribution >= 0.6 is 21.6 Å². The van der Waals surface area contributed by atoms with Crippen LogP contribution in [0.1, 0.15) is 96.9 Å². The summed E-state index contributed by atoms with van der Waals surface area (Å²) >= 11 is 0. The van der Waals surface area contributed by atoms with E-state index < -0.39 is 132 Å². The quantitative estimate of drug-likeness (QED) is 0.0240. The maximum Gasteiger partial charge on any atom is 0.408 e. The van der Waals surface area contributed by atoms with Gasteiger partial charge in [0.25, 0.3) is 5.56 Å². The van der Waals surface area contributed by atoms with Crippen molar-refractivity contribution in [1.82, 2.24) is 72.3 Å². The molecule has 11 amide bonds. The first kappa shape index (κ1) is 89.1. The first-order valence-electron chi connectivity index (χ1n) is 41.6. The van der Waals surface area contributed by atoms with Crippen LogP contribution in [0.15, 0.2) is 193 Å². The van der Waals surface area contributed by atoms with Gasteiger partial charge in [0.2, 0.25) is 59.1 Å². The second-order valence-corrected chi connectivity index (χ2v) is 33.9. The van der Waals surface area contributed by atoms with E-state index in [9.17, 15) is 33.9 Å². The fourth-order valence-corrected chi connectivity index (χ4v) is 18.0. The third-order valence-electron chi connectivity index (χ3n) is 22.5. The fraction of sp³-hybridized carbons (Fsp3) is 0.352. The Labute approximate surface area is 723 Å². The first-order chi connectivity index (χ1) is 60.0. The number of aliphatic hydroxyl groups is 1. The maximum atomic E-state index is 15.7. The lowest BCUT2D eigenvalue weighted by Crippen LogP contribution is -2.62. The molecule has 6 aromatic carbocycles. The minimum Gasteiger partial charge on any atom is -0.436 e. The van der Waals surface area contributed by atoms with Gasteiger partial charge in [0.15, 0.2) is 5.60 Å². The Kier molecular flexibility index (Phi) is 30.1. The number of para-hydroxylation sites is 3. The highest BCUT2D eigenvalue weighted by atomic mass is 33.1. The number of hydrogen-bond acceptors (Lipinski definition) is 19. The van der Waals surface area contributed by atoms with Crippen molar-refractivity contribution < 1.29 is 67.3 Å². The molecular formula is C91H102N16O15S2. The number of alkyl carbamates (subject to hydrolysis) is 1. The predicted octanol–water partition coefficient (Wildman–Crippen LogP) is 5.34. The third kappa shape index (κ3) is 22.4. The van der Waals surface area contributed by atoms with Crippen molar-refractivity contribution in [3.63, 3.8) is 0 Å². The summed E-state index contributed by atoms with van der Waals surface area (Å²) in [6, 6.07) is 40.2. The van der Waals surface area contributed by atoms with Gasteiger partial charge in [-0.2, -0.15) is 0 Å². The van der Waals surface area contributed by atoms with Crippen LogP contribution in [0, 0.1) is 0 Å². The molecule has 0 radical (unpaired) electrons. The van der Waals surface area contributed by atoms with Crippen molar-refractivity contribution in [3.05, 3.63) is 243 Å². The number of fused-ring (bicyclic) bond motifs is 7. The molecule has 0 bridgehead atoms. The van der Waals surface area contributed by atoms with E-state index in [1.54, 1.807) is 114 Å². The molecule has 124 heavy (non-hydrogen) atoms. The molecular weight excluding hydrogens is 1620 g/mol. The Morgan fingerprint density at radius 1 is 0.645 bits per heavy atom. The van der Waals surface area contributed by atoms with Crippen LogP contribution in [-0.4, -0.2) is 193 Å². The molecule has 0 unspecified atom stereocenters. The second kappa shape index (κ2) is 41.9. The number of nitrogens with two attached hydrogens (primary N) is 2. The molecule has 1 saturated heterocycles. The molecule has 0 aliphatic carbocycles. The van der Waals surface area contributed by atoms with Gasteiger partial charge in [-0.05, 0) is 104 Å². The number of aromatic nitrogens is 4. The summed E-state index contributed by atoms with van der Waals surface area (Å²) in [5.74, 6) is -8.75. The number of amides is 11. The summed E-state index contributed by atoms with van der Waals surface area (Å²) in [5.41, 5.74) is 18.3. The Hall–Kier alpha value is -12.7. The van der Waals surface area contributed by atoms with Crippen molar-refractivity contribution >= 4 is 119 Å². The van der Waals surface area contributed by atoms with E-state index >= 15 is 28.8 Å². The zero-order valence-electron chi connectivity index (χ0n) is 68.7. The monoisotopic (exact) mass is 1720 g/mol. The molecule has 10 atom stereocenters. The lowest BCUT2D eigenvalue weighted by atomic mass is 9.86. The Morgan fingerprint density at radius 2 is 1.21 bits per heavy atom. The van der Waals surface area contributed by atoms with E-state index in [0.717, 1.165) is 43.0 Å². The number of pyridine rings is 2. The summed E-state index contributed by atoms with van der Waals surface area (Å²) in [5, 5.41) is 39.2. The van der Waals surface area contributed by atoms with Gasteiger partial charge in [0, 0.05) is 114 Å². The van der Waals surface area contributed by atoms with Gasteiger partial charge >= 0.3 is 6.09 Å². The standard InChI is InChI=1S/C91H102N16O15S2/c1-3-91(53-121-51-64-65(91)46-76-80-61(49-107(76)88(64)118)43-58-28-13-16-31-66(58)98-80)122-90(120)94-37-21-35-78(110)97-70(40-55-22-7-4-8-23-55)82(112)104-75-52-124-123-39-38-106(50-77(93)109)89(119)74(42-57-26-11-6-12-27-57)103-87(117)79(54(2)108)105-81(111)69(34-19-20-36-92)99-84(114)72(44-59-47-95-67-32-17-14-29-62(59)67)102-85(115)73(45-60-48-96-68-33-18-15-30-63(60)68)101-83(113)71(100-86(75)116)41-56-24-9-5-10-25-56/h4-18,22-33,43,46-48,54,69-75,79,95-96,108H,3,19-21,34-42,44-45,49-53,92H2,1-2H3,(H2,93,109)(H,94,120)(H,97,110)(H,99,114)(H,100,116)(H,101,113)(H,102,115)(H,103,117)(H,104,112)(H,105,111)/t54-,69+,70-,71+,72+,73-,74+,75+,79+,91-/m1/s1. The summed E-state index contributed by atoms with van der Waals surface area (Å²) in [7, 11) is 2.20. The minimum atomic E-state index is -1.76. The van der Waals surface area contributed by atoms with Crippen LogP contribution in [-0.2, 0) is 108 Å². The van der Waals surface area contributed by atoms with Crippen LogP contribution in [0.4, 0.5) is 4.79 Å². The zero-order chi connectivity index (χ0) is 87.4. The second-order valence-electron chi connectivity index (χ2n) is 31.3. The van der Waals surface area contributed by atoms with Crippen molar-refractivity contribution in [3.8, 4) is 11.4 Å². The van der Waals surface area contributed by atoms with E-state index in [2.05, 4.69) is 57.8 Å². The number of hydrogen-bond donors (Lipinski definition) is 14. The minimum absolute atomic E-state index is 0.00602. The van der Waals surface area contributed by atoms with Crippen LogP contribution < -0.4 is 64.9 Å². The fourth-order valence-electron chi connectivity index (χ4n) is 15.9. The molecule has 648 valence electrons. The van der Waals surface area contributed by atoms with Gasteiger partial charge in [-0.25, -0.2) is 9.78 Å². The van der Waals surface area contributed by atoms with E-state index in [1.165, 1.54) is 6.92 Å². The largest absolute Gasteiger partial charge is 0.436 e. The number of rotatable bonds is 26. The average molecular weight is 1720 g/mol. The van der Waals surface area contributed by atoms with Crippen molar-refractivity contribution in [2.24, 2.45) is 11.5 Å². The summed E-state index contributed by atoms with van der Waals surface area (Å²) in [4.78, 5) is 191. The van der Waals surface area contributed by atoms with Gasteiger partial charge in [-0.15, -0.1) is 0 Å². The number of carbonyl (C=O) groups is 11. The van der Waals surface area contributed by atoms with Gasteiger partial charge < -0.3 is 93.3 Å². The number of benzene rings is 6. The molecule has 3 aliphatic heterocycles. The van der Waals surface area contributed by atoms with Crippen LogP contribution in [0.3, 0.4) is 0 Å². The van der Waals surface area contributed by atoms with Crippen LogP contribution in [0.25, 0.3) is 44.1 Å². The molecule has 16 N–H and O–H groups in total. The van der Waals surface area contributed by atoms with Crippen molar-refractivity contribution in [1.29, 1.82) is 0 Å². The number of H-pyrrole nitrogens is 2.